The van der Waals surface area contributed by atoms with E-state index in [4.69, 9.17) is 0 Å². The van der Waals surface area contributed by atoms with E-state index in [1.54, 1.807) is 0 Å². The van der Waals surface area contributed by atoms with Gasteiger partial charge in [-0.2, -0.15) is 11.8 Å². The maximum Gasteiger partial charge on any atom is 0.140 e. The van der Waals surface area contributed by atoms with E-state index in [9.17, 15) is 4.79 Å². The summed E-state index contributed by atoms with van der Waals surface area (Å²) in [6, 6.07) is 0. The molecule has 5 saturated carbocycles. The van der Waals surface area contributed by atoms with Gasteiger partial charge in [-0.1, -0.05) is 6.92 Å². The van der Waals surface area contributed by atoms with Crippen LogP contribution in [0.5, 0.6) is 0 Å². The molecule has 5 aliphatic rings. The number of hydrogen-bond donors (Lipinski definition) is 0. The zero-order chi connectivity index (χ0) is 9.89. The SMILES string of the molecule is CCSC1C2C3CC4C2C(=O)C2C4C3C12. The van der Waals surface area contributed by atoms with Crippen LogP contribution < -0.4 is 0 Å². The maximum atomic E-state index is 12.2. The molecule has 15 heavy (non-hydrogen) atoms. The molecule has 9 atom stereocenters. The van der Waals surface area contributed by atoms with Crippen LogP contribution in [0, 0.1) is 47.3 Å². The Labute approximate surface area is 94.4 Å². The van der Waals surface area contributed by atoms with Crippen molar-refractivity contribution in [3.05, 3.63) is 0 Å². The number of Topliss-reactive ketones (excluding diaryl/α,β-unsaturated/α-hetero) is 1. The molecule has 0 amide bonds. The van der Waals surface area contributed by atoms with Crippen molar-refractivity contribution in [2.24, 2.45) is 47.3 Å². The Morgan fingerprint density at radius 3 is 2.80 bits per heavy atom. The van der Waals surface area contributed by atoms with Gasteiger partial charge < -0.3 is 0 Å². The summed E-state index contributed by atoms with van der Waals surface area (Å²) in [6.45, 7) is 2.28. The van der Waals surface area contributed by atoms with Crippen LogP contribution >= 0.6 is 11.8 Å². The topological polar surface area (TPSA) is 17.1 Å². The minimum atomic E-state index is 0.545. The molecule has 0 aromatic heterocycles. The Kier molecular flexibility index (Phi) is 1.19. The average Bonchev–Trinajstić information content (AvgIpc) is 2.67. The maximum absolute atomic E-state index is 12.2. The second kappa shape index (κ2) is 2.18. The van der Waals surface area contributed by atoms with Crippen molar-refractivity contribution >= 4 is 17.5 Å². The fraction of sp³-hybridized carbons (Fsp3) is 0.923. The minimum Gasteiger partial charge on any atom is -0.299 e. The molecule has 5 fully saturated rings. The van der Waals surface area contributed by atoms with E-state index < -0.39 is 0 Å². The Bertz CT molecular complexity index is 379. The van der Waals surface area contributed by atoms with Crippen LogP contribution in [0.3, 0.4) is 0 Å². The van der Waals surface area contributed by atoms with Crippen molar-refractivity contribution in [2.45, 2.75) is 18.6 Å². The van der Waals surface area contributed by atoms with Crippen molar-refractivity contribution in [2.75, 3.05) is 5.75 Å². The van der Waals surface area contributed by atoms with E-state index in [0.29, 0.717) is 17.6 Å². The zero-order valence-corrected chi connectivity index (χ0v) is 9.74. The molecule has 2 bridgehead atoms. The smallest absolute Gasteiger partial charge is 0.140 e. The van der Waals surface area contributed by atoms with Gasteiger partial charge in [-0.15, -0.1) is 0 Å². The second-order valence-corrected chi connectivity index (χ2v) is 7.70. The summed E-state index contributed by atoms with van der Waals surface area (Å²) in [5.74, 6) is 8.48. The van der Waals surface area contributed by atoms with Crippen molar-refractivity contribution in [3.63, 3.8) is 0 Å². The molecule has 5 aliphatic carbocycles. The lowest BCUT2D eigenvalue weighted by Gasteiger charge is -2.46. The molecule has 0 aromatic carbocycles. The highest BCUT2D eigenvalue weighted by Gasteiger charge is 2.83. The second-order valence-electron chi connectivity index (χ2n) is 6.25. The average molecular weight is 220 g/mol. The predicted octanol–water partition coefficient (Wildman–Crippen LogP) is 2.06. The van der Waals surface area contributed by atoms with Gasteiger partial charge in [0, 0.05) is 17.1 Å². The van der Waals surface area contributed by atoms with Crippen LogP contribution in [0.2, 0.25) is 0 Å². The van der Waals surface area contributed by atoms with Crippen LogP contribution in [0.4, 0.5) is 0 Å². The Morgan fingerprint density at radius 1 is 1.13 bits per heavy atom. The predicted molar refractivity (Wildman–Crippen MR) is 59.5 cm³/mol. The zero-order valence-electron chi connectivity index (χ0n) is 8.93. The van der Waals surface area contributed by atoms with Crippen LogP contribution in [0.25, 0.3) is 0 Å². The molecule has 9 unspecified atom stereocenters. The van der Waals surface area contributed by atoms with Gasteiger partial charge in [0.05, 0.1) is 0 Å². The molecule has 0 spiro atoms. The number of carbonyl (C=O) groups is 1. The molecule has 0 N–H and O–H groups in total. The molecule has 0 heterocycles. The molecule has 2 heteroatoms. The van der Waals surface area contributed by atoms with Crippen molar-refractivity contribution in [3.8, 4) is 0 Å². The first-order valence-corrected chi connectivity index (χ1v) is 7.54. The number of rotatable bonds is 2. The fourth-order valence-corrected chi connectivity index (χ4v) is 8.05. The van der Waals surface area contributed by atoms with Gasteiger partial charge in [0.25, 0.3) is 0 Å². The first-order chi connectivity index (χ1) is 7.34. The lowest BCUT2D eigenvalue weighted by Crippen LogP contribution is -2.48. The molecule has 1 nitrogen and oxygen atoms in total. The normalized spacial score (nSPS) is 70.7. The quantitative estimate of drug-likeness (QED) is 0.708. The molecular formula is C13H16OS. The first kappa shape index (κ1) is 8.16. The van der Waals surface area contributed by atoms with Crippen LogP contribution in [-0.2, 0) is 4.79 Å². The number of ketones is 1. The Hall–Kier alpha value is 0.0200. The standard InChI is InChI=1S/C13H16OS/c1-2-15-13-9-5-3-4-6-7(5)11(13)10(6)12(14)8(4)9/h4-11,13H,2-3H2,1H3. The van der Waals surface area contributed by atoms with E-state index in [2.05, 4.69) is 18.7 Å². The highest BCUT2D eigenvalue weighted by molar-refractivity contribution is 7.99. The lowest BCUT2D eigenvalue weighted by molar-refractivity contribution is -0.132. The molecule has 0 aromatic rings. The number of hydrogen-bond acceptors (Lipinski definition) is 2. The van der Waals surface area contributed by atoms with Gasteiger partial charge in [0.1, 0.15) is 5.78 Å². The van der Waals surface area contributed by atoms with Gasteiger partial charge in [-0.25, -0.2) is 0 Å². The van der Waals surface area contributed by atoms with Crippen LogP contribution in [-0.4, -0.2) is 16.8 Å². The largest absolute Gasteiger partial charge is 0.299 e. The Morgan fingerprint density at radius 2 is 2.00 bits per heavy atom. The van der Waals surface area contributed by atoms with E-state index in [-0.39, 0.29) is 0 Å². The summed E-state index contributed by atoms with van der Waals surface area (Å²) in [5.41, 5.74) is 0. The lowest BCUT2D eigenvalue weighted by atomic mass is 9.59. The summed E-state index contributed by atoms with van der Waals surface area (Å²) < 4.78 is 0. The highest BCUT2D eigenvalue weighted by Crippen LogP contribution is 2.83. The summed E-state index contributed by atoms with van der Waals surface area (Å²) in [4.78, 5) is 12.2. The summed E-state index contributed by atoms with van der Waals surface area (Å²) >= 11 is 2.18. The molecule has 0 saturated heterocycles. The van der Waals surface area contributed by atoms with Gasteiger partial charge >= 0.3 is 0 Å². The number of carbonyl (C=O) groups excluding carboxylic acids is 1. The van der Waals surface area contributed by atoms with Crippen LogP contribution in [0.1, 0.15) is 13.3 Å². The van der Waals surface area contributed by atoms with E-state index in [0.717, 1.165) is 40.8 Å². The van der Waals surface area contributed by atoms with Crippen molar-refractivity contribution in [1.82, 2.24) is 0 Å². The fourth-order valence-electron chi connectivity index (χ4n) is 6.49. The molecule has 0 aliphatic heterocycles. The van der Waals surface area contributed by atoms with Gasteiger partial charge in [0.15, 0.2) is 0 Å². The molecule has 80 valence electrons. The third-order valence-electron chi connectivity index (χ3n) is 6.40. The number of fused-ring (bicyclic) bond motifs is 2. The summed E-state index contributed by atoms with van der Waals surface area (Å²) in [7, 11) is 0. The van der Waals surface area contributed by atoms with Crippen LogP contribution in [0.15, 0.2) is 0 Å². The molecular weight excluding hydrogens is 204 g/mol. The Balaban J connectivity index is 1.68. The van der Waals surface area contributed by atoms with E-state index >= 15 is 0 Å². The minimum absolute atomic E-state index is 0.545. The monoisotopic (exact) mass is 220 g/mol. The highest BCUT2D eigenvalue weighted by atomic mass is 32.2. The van der Waals surface area contributed by atoms with E-state index in [1.165, 1.54) is 12.2 Å². The van der Waals surface area contributed by atoms with E-state index in [1.807, 2.05) is 0 Å². The van der Waals surface area contributed by atoms with Gasteiger partial charge in [-0.3, -0.25) is 4.79 Å². The molecule has 5 rings (SSSR count). The van der Waals surface area contributed by atoms with Crippen molar-refractivity contribution in [1.29, 1.82) is 0 Å². The van der Waals surface area contributed by atoms with Gasteiger partial charge in [-0.05, 0) is 47.7 Å². The molecule has 0 radical (unpaired) electrons. The number of thioether (sulfide) groups is 1. The van der Waals surface area contributed by atoms with Gasteiger partial charge in [0.2, 0.25) is 0 Å². The summed E-state index contributed by atoms with van der Waals surface area (Å²) in [6.07, 6.45) is 1.43. The first-order valence-electron chi connectivity index (χ1n) is 6.50. The summed E-state index contributed by atoms with van der Waals surface area (Å²) in [5, 5.41) is 0.890. The third kappa shape index (κ3) is 0.582. The third-order valence-corrected chi connectivity index (χ3v) is 7.74. The van der Waals surface area contributed by atoms with Crippen molar-refractivity contribution < 1.29 is 4.79 Å².